The van der Waals surface area contributed by atoms with Gasteiger partial charge in [0, 0.05) is 0 Å². The van der Waals surface area contributed by atoms with Crippen molar-refractivity contribution in [3.63, 3.8) is 0 Å². The molecule has 0 aliphatic rings. The number of rotatable bonds is 3. The fourth-order valence-corrected chi connectivity index (χ4v) is 0.867. The topological polar surface area (TPSA) is 0 Å². The largest absolute Gasteiger partial charge is 0.461 e. The zero-order valence-electron chi connectivity index (χ0n) is 10.5. The first kappa shape index (κ1) is 23.4. The molecule has 0 fully saturated rings. The number of alkyl halides is 16. The van der Waals surface area contributed by atoms with Crippen LogP contribution >= 0.6 is 0 Å². The van der Waals surface area contributed by atoms with Gasteiger partial charge in [-0.1, -0.05) is 0 Å². The molecule has 0 spiro atoms. The van der Waals surface area contributed by atoms with Crippen molar-refractivity contribution < 1.29 is 70.2 Å². The summed E-state index contributed by atoms with van der Waals surface area (Å²) in [6.45, 7) is 0. The molecule has 0 aliphatic heterocycles. The normalized spacial score (nSPS) is 15.7. The Morgan fingerprint density at radius 3 is 0.800 bits per heavy atom. The molecule has 0 radical (unpaired) electrons. The van der Waals surface area contributed by atoms with E-state index in [1.165, 1.54) is 0 Å². The number of hydrogen-bond acceptors (Lipinski definition) is 0. The summed E-state index contributed by atoms with van der Waals surface area (Å²) >= 11 is 0. The van der Waals surface area contributed by atoms with Crippen molar-refractivity contribution in [1.82, 2.24) is 0 Å². The van der Waals surface area contributed by atoms with Crippen molar-refractivity contribution in [2.75, 3.05) is 0 Å². The van der Waals surface area contributed by atoms with Gasteiger partial charge < -0.3 is 0 Å². The molecule has 0 rings (SSSR count). The molecule has 0 heterocycles. The van der Waals surface area contributed by atoms with Crippen LogP contribution in [-0.2, 0) is 0 Å². The molecule has 0 aromatic carbocycles. The summed E-state index contributed by atoms with van der Waals surface area (Å²) in [5, 5.41) is 0. The van der Waals surface area contributed by atoms with Gasteiger partial charge in [-0.05, 0) is 11.8 Å². The van der Waals surface area contributed by atoms with Crippen LogP contribution < -0.4 is 0 Å². The third-order valence-corrected chi connectivity index (χ3v) is 2.27. The second-order valence-electron chi connectivity index (χ2n) is 4.12. The first-order chi connectivity index (χ1) is 10.5. The third kappa shape index (κ3) is 3.68. The summed E-state index contributed by atoms with van der Waals surface area (Å²) in [4.78, 5) is 0. The van der Waals surface area contributed by atoms with E-state index in [1.807, 2.05) is 0 Å². The Morgan fingerprint density at radius 2 is 0.560 bits per heavy atom. The lowest BCUT2D eigenvalue weighted by molar-refractivity contribution is -0.386. The van der Waals surface area contributed by atoms with Gasteiger partial charge in [0.1, 0.15) is 0 Å². The Morgan fingerprint density at radius 1 is 0.320 bits per heavy atom. The van der Waals surface area contributed by atoms with Crippen molar-refractivity contribution in [2.24, 2.45) is 0 Å². The van der Waals surface area contributed by atoms with Gasteiger partial charge in [0.2, 0.25) is 0 Å². The van der Waals surface area contributed by atoms with Crippen LogP contribution in [-0.4, -0.2) is 42.0 Å². The van der Waals surface area contributed by atoms with E-state index in [9.17, 15) is 70.2 Å². The maximum atomic E-state index is 12.7. The Hall–Kier alpha value is -1.56. The van der Waals surface area contributed by atoms with Crippen LogP contribution in [0.2, 0.25) is 0 Å². The monoisotopic (exact) mass is 412 g/mol. The second kappa shape index (κ2) is 5.73. The molecule has 0 saturated heterocycles. The second-order valence-corrected chi connectivity index (χ2v) is 4.12. The van der Waals surface area contributed by atoms with E-state index in [4.69, 9.17) is 0 Å². The van der Waals surface area contributed by atoms with Gasteiger partial charge in [0.25, 0.3) is 0 Å². The lowest BCUT2D eigenvalue weighted by Gasteiger charge is -2.31. The molecule has 0 bridgehead atoms. The summed E-state index contributed by atoms with van der Waals surface area (Å²) in [6.07, 6.45) is -14.5. The van der Waals surface area contributed by atoms with Gasteiger partial charge in [-0.25, -0.2) is 0 Å². The zero-order valence-corrected chi connectivity index (χ0v) is 10.5. The Balaban J connectivity index is 6.11. The molecular formula is C9F16. The maximum absolute atomic E-state index is 12.7. The molecule has 0 saturated carbocycles. The quantitative estimate of drug-likeness (QED) is 0.437. The van der Waals surface area contributed by atoms with E-state index in [-0.39, 0.29) is 0 Å². The molecule has 0 atom stereocenters. The van der Waals surface area contributed by atoms with Gasteiger partial charge in [0.15, 0.2) is 0 Å². The summed E-state index contributed by atoms with van der Waals surface area (Å²) in [5.74, 6) is -38.3. The molecule has 0 nitrogen and oxygen atoms in total. The van der Waals surface area contributed by atoms with Crippen molar-refractivity contribution in [3.05, 3.63) is 0 Å². The molecule has 0 amide bonds. The highest BCUT2D eigenvalue weighted by Crippen LogP contribution is 2.53. The van der Waals surface area contributed by atoms with Gasteiger partial charge in [-0.2, -0.15) is 70.2 Å². The predicted molar refractivity (Wildman–Crippen MR) is 44.6 cm³/mol. The zero-order chi connectivity index (χ0) is 20.9. The molecule has 0 aromatic heterocycles. The van der Waals surface area contributed by atoms with Gasteiger partial charge in [0.05, 0.1) is 0 Å². The minimum absolute atomic E-state index is 1.01. The molecule has 0 unspecified atom stereocenters. The molecule has 16 heteroatoms. The fourth-order valence-electron chi connectivity index (χ4n) is 0.867. The van der Waals surface area contributed by atoms with Crippen molar-refractivity contribution in [2.45, 2.75) is 42.0 Å². The van der Waals surface area contributed by atoms with Crippen LogP contribution in [0, 0.1) is 11.8 Å². The SMILES string of the molecule is FC(F)(F)C(F)(F)C(F)(F)C#CC(F)(F)C(F)(F)C(F)(F)C(F)(F)F. The van der Waals surface area contributed by atoms with Crippen molar-refractivity contribution in [1.29, 1.82) is 0 Å². The van der Waals surface area contributed by atoms with E-state index in [2.05, 4.69) is 0 Å². The van der Waals surface area contributed by atoms with Crippen molar-refractivity contribution >= 4 is 0 Å². The Bertz CT molecular complexity index is 549. The summed E-state index contributed by atoms with van der Waals surface area (Å²) in [5.41, 5.74) is 0. The van der Waals surface area contributed by atoms with E-state index in [1.54, 1.807) is 0 Å². The molecule has 0 N–H and O–H groups in total. The minimum atomic E-state index is -7.58. The smallest absolute Gasteiger partial charge is 0.191 e. The molecule has 25 heavy (non-hydrogen) atoms. The standard InChI is InChI=1S/C9F16/c10-3(11,5(14,15)7(18,19)9(23,24)25)1-2-4(12,13)6(16,17)8(20,21)22. The third-order valence-electron chi connectivity index (χ3n) is 2.27. The Labute approximate surface area is 125 Å². The summed E-state index contributed by atoms with van der Waals surface area (Å²) in [6, 6.07) is 0. The van der Waals surface area contributed by atoms with E-state index in [0.29, 0.717) is 0 Å². The highest BCUT2D eigenvalue weighted by atomic mass is 19.4. The summed E-state index contributed by atoms with van der Waals surface area (Å²) < 4.78 is 195. The van der Waals surface area contributed by atoms with E-state index < -0.39 is 53.8 Å². The van der Waals surface area contributed by atoms with Crippen molar-refractivity contribution in [3.8, 4) is 11.8 Å². The van der Waals surface area contributed by atoms with Gasteiger partial charge >= 0.3 is 42.0 Å². The molecule has 148 valence electrons. The lowest BCUT2D eigenvalue weighted by atomic mass is 10.0. The van der Waals surface area contributed by atoms with Crippen LogP contribution in [0.15, 0.2) is 0 Å². The van der Waals surface area contributed by atoms with Crippen LogP contribution in [0.25, 0.3) is 0 Å². The highest BCUT2D eigenvalue weighted by Gasteiger charge is 2.82. The predicted octanol–water partition coefficient (Wildman–Crippen LogP) is 5.29. The van der Waals surface area contributed by atoms with Crippen LogP contribution in [0.5, 0.6) is 0 Å². The van der Waals surface area contributed by atoms with Crippen LogP contribution in [0.1, 0.15) is 0 Å². The average molecular weight is 412 g/mol. The summed E-state index contributed by atoms with van der Waals surface area (Å²) in [7, 11) is 0. The van der Waals surface area contributed by atoms with Crippen LogP contribution in [0.4, 0.5) is 70.2 Å². The molecule has 0 aromatic rings. The first-order valence-corrected chi connectivity index (χ1v) is 5.02. The molecule has 0 aliphatic carbocycles. The fraction of sp³-hybridized carbons (Fsp3) is 0.778. The van der Waals surface area contributed by atoms with Gasteiger partial charge in [-0.3, -0.25) is 0 Å². The minimum Gasteiger partial charge on any atom is -0.191 e. The van der Waals surface area contributed by atoms with Gasteiger partial charge in [-0.15, -0.1) is 0 Å². The number of halogens is 16. The average Bonchev–Trinajstić information content (AvgIpc) is 2.33. The van der Waals surface area contributed by atoms with Crippen LogP contribution in [0.3, 0.4) is 0 Å². The Kier molecular flexibility index (Phi) is 5.37. The number of hydrogen-bond donors (Lipinski definition) is 0. The van der Waals surface area contributed by atoms with E-state index >= 15 is 0 Å². The lowest BCUT2D eigenvalue weighted by Crippen LogP contribution is -2.60. The van der Waals surface area contributed by atoms with E-state index in [0.717, 1.165) is 0 Å². The first-order valence-electron chi connectivity index (χ1n) is 5.02. The maximum Gasteiger partial charge on any atom is 0.461 e. The molecular weight excluding hydrogens is 412 g/mol. The highest BCUT2D eigenvalue weighted by molar-refractivity contribution is 5.24.